The Labute approximate surface area is 156 Å². The van der Waals surface area contributed by atoms with Gasteiger partial charge >= 0.3 is 5.97 Å². The SMILES string of the molecule is COC(=O)[C@@H](C)N1C(=O)S/C(=C/c2cc(I)c(O)c(OC)c2)C1=O. The Hall–Kier alpha value is -1.75. The molecule has 0 unspecified atom stereocenters. The van der Waals surface area contributed by atoms with Crippen molar-refractivity contribution in [2.45, 2.75) is 13.0 Å². The van der Waals surface area contributed by atoms with Crippen LogP contribution in [0.3, 0.4) is 0 Å². The predicted octanol–water partition coefficient (Wildman–Crippen LogP) is 2.60. The molecule has 1 heterocycles. The molecule has 128 valence electrons. The number of phenols is 1. The summed E-state index contributed by atoms with van der Waals surface area (Å²) in [5.74, 6) is -0.970. The molecule has 2 rings (SSSR count). The lowest BCUT2D eigenvalue weighted by Gasteiger charge is -2.18. The van der Waals surface area contributed by atoms with Crippen LogP contribution in [0.4, 0.5) is 4.79 Å². The minimum Gasteiger partial charge on any atom is -0.504 e. The molecule has 1 aromatic rings. The maximum Gasteiger partial charge on any atom is 0.328 e. The van der Waals surface area contributed by atoms with E-state index in [1.165, 1.54) is 27.2 Å². The highest BCUT2D eigenvalue weighted by atomic mass is 127. The molecule has 1 atom stereocenters. The summed E-state index contributed by atoms with van der Waals surface area (Å²) in [6.45, 7) is 1.43. The van der Waals surface area contributed by atoms with E-state index in [0.717, 1.165) is 16.7 Å². The summed E-state index contributed by atoms with van der Waals surface area (Å²) in [6, 6.07) is 2.20. The van der Waals surface area contributed by atoms with Gasteiger partial charge in [0.2, 0.25) is 0 Å². The van der Waals surface area contributed by atoms with Gasteiger partial charge in [0.15, 0.2) is 11.5 Å². The Balaban J connectivity index is 2.36. The minimum absolute atomic E-state index is 0.00247. The highest BCUT2D eigenvalue weighted by molar-refractivity contribution is 14.1. The second-order valence-electron chi connectivity index (χ2n) is 4.80. The van der Waals surface area contributed by atoms with E-state index < -0.39 is 23.2 Å². The normalized spacial score (nSPS) is 17.3. The van der Waals surface area contributed by atoms with Crippen LogP contribution in [0.15, 0.2) is 17.0 Å². The fourth-order valence-electron chi connectivity index (χ4n) is 2.07. The second kappa shape index (κ2) is 7.43. The van der Waals surface area contributed by atoms with Crippen molar-refractivity contribution in [3.63, 3.8) is 0 Å². The first-order valence-electron chi connectivity index (χ1n) is 6.71. The number of aromatic hydroxyl groups is 1. The quantitative estimate of drug-likeness (QED) is 0.417. The van der Waals surface area contributed by atoms with E-state index in [0.29, 0.717) is 9.13 Å². The maximum atomic E-state index is 12.4. The van der Waals surface area contributed by atoms with E-state index in [2.05, 4.69) is 4.74 Å². The number of halogens is 1. The topological polar surface area (TPSA) is 93.1 Å². The summed E-state index contributed by atoms with van der Waals surface area (Å²) in [5, 5.41) is 9.30. The number of phenolic OH excluding ortho intramolecular Hbond substituents is 1. The van der Waals surface area contributed by atoms with E-state index in [1.807, 2.05) is 22.6 Å². The maximum absolute atomic E-state index is 12.4. The lowest BCUT2D eigenvalue weighted by molar-refractivity contribution is -0.148. The van der Waals surface area contributed by atoms with Crippen molar-refractivity contribution >= 4 is 57.5 Å². The molecule has 9 heteroatoms. The molecule has 2 amide bonds. The summed E-state index contributed by atoms with van der Waals surface area (Å²) in [4.78, 5) is 37.1. The summed E-state index contributed by atoms with van der Waals surface area (Å²) < 4.78 is 10.2. The van der Waals surface area contributed by atoms with Crippen molar-refractivity contribution in [3.8, 4) is 11.5 Å². The van der Waals surface area contributed by atoms with Crippen LogP contribution in [0, 0.1) is 3.57 Å². The molecule has 0 spiro atoms. The number of hydrogen-bond donors (Lipinski definition) is 1. The molecule has 1 aliphatic rings. The number of methoxy groups -OCH3 is 2. The molecular formula is C15H14INO6S. The van der Waals surface area contributed by atoms with Crippen molar-refractivity contribution in [1.82, 2.24) is 4.90 Å². The van der Waals surface area contributed by atoms with Crippen LogP contribution in [-0.2, 0) is 14.3 Å². The summed E-state index contributed by atoms with van der Waals surface area (Å²) in [7, 11) is 2.61. The van der Waals surface area contributed by atoms with Crippen molar-refractivity contribution in [1.29, 1.82) is 0 Å². The van der Waals surface area contributed by atoms with Gasteiger partial charge in [-0.05, 0) is 65.0 Å². The van der Waals surface area contributed by atoms with Gasteiger partial charge in [-0.25, -0.2) is 4.79 Å². The smallest absolute Gasteiger partial charge is 0.328 e. The third-order valence-corrected chi connectivity index (χ3v) is 5.03. The van der Waals surface area contributed by atoms with Crippen LogP contribution in [0.25, 0.3) is 6.08 Å². The zero-order chi connectivity index (χ0) is 18.0. The lowest BCUT2D eigenvalue weighted by atomic mass is 10.2. The highest BCUT2D eigenvalue weighted by Crippen LogP contribution is 2.37. The number of benzene rings is 1. The second-order valence-corrected chi connectivity index (χ2v) is 6.96. The molecule has 0 radical (unpaired) electrons. The monoisotopic (exact) mass is 463 g/mol. The zero-order valence-electron chi connectivity index (χ0n) is 13.0. The van der Waals surface area contributed by atoms with E-state index >= 15 is 0 Å². The van der Waals surface area contributed by atoms with Gasteiger partial charge in [0.05, 0.1) is 22.7 Å². The molecule has 1 aromatic carbocycles. The molecule has 0 bridgehead atoms. The average molecular weight is 463 g/mol. The van der Waals surface area contributed by atoms with Crippen molar-refractivity contribution < 1.29 is 29.0 Å². The number of carbonyl (C=O) groups excluding carboxylic acids is 3. The van der Waals surface area contributed by atoms with Gasteiger partial charge in [0.1, 0.15) is 6.04 Å². The molecule has 0 aliphatic carbocycles. The molecule has 1 fully saturated rings. The largest absolute Gasteiger partial charge is 0.504 e. The first-order valence-corrected chi connectivity index (χ1v) is 8.61. The minimum atomic E-state index is -0.997. The fourth-order valence-corrected chi connectivity index (χ4v) is 3.61. The fraction of sp³-hybridized carbons (Fsp3) is 0.267. The van der Waals surface area contributed by atoms with Gasteiger partial charge in [-0.1, -0.05) is 0 Å². The van der Waals surface area contributed by atoms with E-state index in [4.69, 9.17) is 4.74 Å². The zero-order valence-corrected chi connectivity index (χ0v) is 16.0. The number of esters is 1. The number of ether oxygens (including phenoxy) is 2. The Morgan fingerprint density at radius 2 is 2.04 bits per heavy atom. The summed E-state index contributed by atoms with van der Waals surface area (Å²) in [6.07, 6.45) is 1.51. The number of amides is 2. The molecule has 7 nitrogen and oxygen atoms in total. The van der Waals surface area contributed by atoms with Gasteiger partial charge in [-0.3, -0.25) is 14.5 Å². The van der Waals surface area contributed by atoms with Crippen molar-refractivity contribution in [2.75, 3.05) is 14.2 Å². The van der Waals surface area contributed by atoms with Crippen LogP contribution in [0.5, 0.6) is 11.5 Å². The van der Waals surface area contributed by atoms with E-state index in [9.17, 15) is 19.5 Å². The Morgan fingerprint density at radius 1 is 1.38 bits per heavy atom. The van der Waals surface area contributed by atoms with Crippen LogP contribution < -0.4 is 4.74 Å². The van der Waals surface area contributed by atoms with E-state index in [-0.39, 0.29) is 16.4 Å². The first kappa shape index (κ1) is 18.6. The Morgan fingerprint density at radius 3 is 2.62 bits per heavy atom. The van der Waals surface area contributed by atoms with Gasteiger partial charge in [0, 0.05) is 0 Å². The molecule has 24 heavy (non-hydrogen) atoms. The number of thioether (sulfide) groups is 1. The molecule has 1 aliphatic heterocycles. The molecule has 0 aromatic heterocycles. The number of rotatable bonds is 4. The van der Waals surface area contributed by atoms with E-state index in [1.54, 1.807) is 12.1 Å². The van der Waals surface area contributed by atoms with Gasteiger partial charge in [-0.15, -0.1) is 0 Å². The molecular weight excluding hydrogens is 449 g/mol. The third kappa shape index (κ3) is 3.51. The van der Waals surface area contributed by atoms with Crippen molar-refractivity contribution in [3.05, 3.63) is 26.2 Å². The Bertz CT molecular complexity index is 748. The lowest BCUT2D eigenvalue weighted by Crippen LogP contribution is -2.42. The number of imide groups is 1. The van der Waals surface area contributed by atoms with Crippen LogP contribution in [0.1, 0.15) is 12.5 Å². The molecule has 1 saturated heterocycles. The summed E-state index contributed by atoms with van der Waals surface area (Å²) >= 11 is 2.67. The summed E-state index contributed by atoms with van der Waals surface area (Å²) in [5.41, 5.74) is 0.588. The van der Waals surface area contributed by atoms with Gasteiger partial charge in [0.25, 0.3) is 11.1 Å². The van der Waals surface area contributed by atoms with Gasteiger partial charge < -0.3 is 14.6 Å². The third-order valence-electron chi connectivity index (χ3n) is 3.32. The number of hydrogen-bond acceptors (Lipinski definition) is 7. The first-order chi connectivity index (χ1) is 11.3. The van der Waals surface area contributed by atoms with Gasteiger partial charge in [-0.2, -0.15) is 0 Å². The number of carbonyl (C=O) groups is 3. The van der Waals surface area contributed by atoms with Crippen LogP contribution >= 0.6 is 34.4 Å². The highest BCUT2D eigenvalue weighted by Gasteiger charge is 2.41. The van der Waals surface area contributed by atoms with Crippen LogP contribution in [-0.4, -0.2) is 47.4 Å². The van der Waals surface area contributed by atoms with Crippen LogP contribution in [0.2, 0.25) is 0 Å². The molecule has 0 saturated carbocycles. The Kier molecular flexibility index (Phi) is 5.75. The van der Waals surface area contributed by atoms with Crippen molar-refractivity contribution in [2.24, 2.45) is 0 Å². The number of nitrogens with zero attached hydrogens (tertiary/aromatic N) is 1. The average Bonchev–Trinajstić information content (AvgIpc) is 2.83. The standard InChI is InChI=1S/C15H14INO6S/c1-7(14(20)23-3)17-13(19)11(24-15(17)21)6-8-4-9(16)12(18)10(5-8)22-2/h4-7,18H,1-3H3/b11-6+/t7-/m1/s1. The predicted molar refractivity (Wildman–Crippen MR) is 96.7 cm³/mol. The molecule has 1 N–H and O–H groups in total.